The molecule has 1 aliphatic rings. The van der Waals surface area contributed by atoms with Crippen molar-refractivity contribution in [3.8, 4) is 0 Å². The molecule has 0 unspecified atom stereocenters. The minimum Gasteiger partial charge on any atom is -0.313 e. The van der Waals surface area contributed by atoms with Crippen molar-refractivity contribution in [3.63, 3.8) is 0 Å². The number of alkyl halides is 3. The lowest BCUT2D eigenvalue weighted by Crippen LogP contribution is -2.35. The van der Waals surface area contributed by atoms with Gasteiger partial charge in [0.15, 0.2) is 0 Å². The van der Waals surface area contributed by atoms with Gasteiger partial charge in [0.05, 0.1) is 6.54 Å². The summed E-state index contributed by atoms with van der Waals surface area (Å²) in [5.74, 6) is -0.442. The zero-order valence-corrected chi connectivity index (χ0v) is 12.0. The van der Waals surface area contributed by atoms with Crippen molar-refractivity contribution < 1.29 is 17.6 Å². The molecular weight excluding hydrogens is 284 g/mol. The van der Waals surface area contributed by atoms with Crippen molar-refractivity contribution >= 4 is 0 Å². The number of hydrogen-bond acceptors (Lipinski definition) is 2. The monoisotopic (exact) mass is 304 g/mol. The van der Waals surface area contributed by atoms with Gasteiger partial charge in [-0.25, -0.2) is 4.39 Å². The minimum absolute atomic E-state index is 0.00990. The number of nitrogens with one attached hydrogen (secondary N) is 1. The Morgan fingerprint density at radius 1 is 1.29 bits per heavy atom. The fourth-order valence-corrected chi connectivity index (χ4v) is 2.33. The van der Waals surface area contributed by atoms with E-state index in [-0.39, 0.29) is 12.6 Å². The van der Waals surface area contributed by atoms with Crippen molar-refractivity contribution in [3.05, 3.63) is 35.1 Å². The van der Waals surface area contributed by atoms with Crippen molar-refractivity contribution in [1.82, 2.24) is 10.2 Å². The van der Waals surface area contributed by atoms with Crippen LogP contribution in [0.5, 0.6) is 0 Å². The molecule has 0 saturated heterocycles. The molecule has 6 heteroatoms. The van der Waals surface area contributed by atoms with E-state index in [4.69, 9.17) is 0 Å². The van der Waals surface area contributed by atoms with Crippen molar-refractivity contribution in [2.24, 2.45) is 0 Å². The molecule has 0 amide bonds. The van der Waals surface area contributed by atoms with Crippen LogP contribution >= 0.6 is 0 Å². The summed E-state index contributed by atoms with van der Waals surface area (Å²) in [6, 6.07) is 4.58. The molecule has 2 nitrogen and oxygen atoms in total. The van der Waals surface area contributed by atoms with Gasteiger partial charge in [-0.3, -0.25) is 4.90 Å². The molecule has 2 rings (SSSR count). The van der Waals surface area contributed by atoms with Crippen LogP contribution in [0.2, 0.25) is 0 Å². The van der Waals surface area contributed by atoms with Gasteiger partial charge in [0.2, 0.25) is 0 Å². The highest BCUT2D eigenvalue weighted by atomic mass is 19.4. The van der Waals surface area contributed by atoms with Crippen LogP contribution in [0.1, 0.15) is 30.9 Å². The van der Waals surface area contributed by atoms with E-state index in [1.165, 1.54) is 11.0 Å². The largest absolute Gasteiger partial charge is 0.401 e. The third-order valence-electron chi connectivity index (χ3n) is 3.51. The zero-order chi connectivity index (χ0) is 15.5. The van der Waals surface area contributed by atoms with Crippen LogP contribution in [0, 0.1) is 5.82 Å². The van der Waals surface area contributed by atoms with Crippen LogP contribution in [0.15, 0.2) is 18.2 Å². The smallest absolute Gasteiger partial charge is 0.313 e. The Morgan fingerprint density at radius 3 is 2.57 bits per heavy atom. The molecule has 0 atom stereocenters. The molecule has 0 radical (unpaired) electrons. The summed E-state index contributed by atoms with van der Waals surface area (Å²) in [4.78, 5) is 1.33. The molecule has 0 aromatic heterocycles. The third-order valence-corrected chi connectivity index (χ3v) is 3.51. The summed E-state index contributed by atoms with van der Waals surface area (Å²) in [5.41, 5.74) is 1.22. The molecule has 1 N–H and O–H groups in total. The topological polar surface area (TPSA) is 15.3 Å². The highest BCUT2D eigenvalue weighted by molar-refractivity contribution is 5.25. The first-order valence-electron chi connectivity index (χ1n) is 7.18. The summed E-state index contributed by atoms with van der Waals surface area (Å²) >= 11 is 0. The highest BCUT2D eigenvalue weighted by Gasteiger charge is 2.38. The SMILES string of the molecule is CCNCc1ccc(F)c(CN(CC(F)(F)F)C2CC2)c1. The van der Waals surface area contributed by atoms with Gasteiger partial charge in [0.25, 0.3) is 0 Å². The number of nitrogens with zero attached hydrogens (tertiary/aromatic N) is 1. The lowest BCUT2D eigenvalue weighted by Gasteiger charge is -2.24. The quantitative estimate of drug-likeness (QED) is 0.776. The van der Waals surface area contributed by atoms with E-state index in [9.17, 15) is 17.6 Å². The van der Waals surface area contributed by atoms with Gasteiger partial charge < -0.3 is 5.32 Å². The molecule has 0 bridgehead atoms. The number of hydrogen-bond donors (Lipinski definition) is 1. The Hall–Kier alpha value is -1.14. The first-order chi connectivity index (χ1) is 9.89. The molecule has 1 aliphatic carbocycles. The van der Waals surface area contributed by atoms with Gasteiger partial charge in [0, 0.05) is 24.7 Å². The summed E-state index contributed by atoms with van der Waals surface area (Å²) < 4.78 is 51.6. The summed E-state index contributed by atoms with van der Waals surface area (Å²) in [7, 11) is 0. The molecule has 21 heavy (non-hydrogen) atoms. The highest BCUT2D eigenvalue weighted by Crippen LogP contribution is 2.31. The Bertz CT molecular complexity index is 469. The predicted molar refractivity (Wildman–Crippen MR) is 73.3 cm³/mol. The van der Waals surface area contributed by atoms with Gasteiger partial charge in [0.1, 0.15) is 5.82 Å². The van der Waals surface area contributed by atoms with Crippen LogP contribution in [0.3, 0.4) is 0 Å². The molecule has 0 heterocycles. The average Bonchev–Trinajstić information content (AvgIpc) is 3.21. The number of rotatable bonds is 7. The molecular formula is C15H20F4N2. The molecule has 1 fully saturated rings. The Balaban J connectivity index is 2.08. The maximum Gasteiger partial charge on any atom is 0.401 e. The van der Waals surface area contributed by atoms with E-state index in [1.807, 2.05) is 6.92 Å². The van der Waals surface area contributed by atoms with E-state index >= 15 is 0 Å². The third kappa shape index (κ3) is 5.28. The van der Waals surface area contributed by atoms with Crippen molar-refractivity contribution in [1.29, 1.82) is 0 Å². The van der Waals surface area contributed by atoms with E-state index in [0.29, 0.717) is 12.1 Å². The Morgan fingerprint density at radius 2 is 2.00 bits per heavy atom. The lowest BCUT2D eigenvalue weighted by atomic mass is 10.1. The van der Waals surface area contributed by atoms with Gasteiger partial charge in [-0.2, -0.15) is 13.2 Å². The fraction of sp³-hybridized carbons (Fsp3) is 0.600. The van der Waals surface area contributed by atoms with E-state index in [0.717, 1.165) is 24.9 Å². The molecule has 1 saturated carbocycles. The first kappa shape index (κ1) is 16.2. The second kappa shape index (κ2) is 6.75. The van der Waals surface area contributed by atoms with Gasteiger partial charge >= 0.3 is 6.18 Å². The summed E-state index contributed by atoms with van der Waals surface area (Å²) in [6.07, 6.45) is -2.73. The van der Waals surface area contributed by atoms with Gasteiger partial charge in [-0.1, -0.05) is 19.1 Å². The van der Waals surface area contributed by atoms with Crippen LogP contribution in [-0.2, 0) is 13.1 Å². The van der Waals surface area contributed by atoms with E-state index < -0.39 is 18.5 Å². The van der Waals surface area contributed by atoms with Crippen LogP contribution in [0.25, 0.3) is 0 Å². The Kier molecular flexibility index (Phi) is 5.22. The standard InChI is InChI=1S/C15H20F4N2/c1-2-20-8-11-3-6-14(16)12(7-11)9-21(13-4-5-13)10-15(17,18)19/h3,6-7,13,20H,2,4-5,8-10H2,1H3. The molecule has 0 aliphatic heterocycles. The molecule has 1 aromatic carbocycles. The van der Waals surface area contributed by atoms with Crippen molar-refractivity contribution in [2.75, 3.05) is 13.1 Å². The molecule has 0 spiro atoms. The average molecular weight is 304 g/mol. The second-order valence-electron chi connectivity index (χ2n) is 5.46. The number of benzene rings is 1. The number of halogens is 4. The molecule has 1 aromatic rings. The second-order valence-corrected chi connectivity index (χ2v) is 5.46. The fourth-order valence-electron chi connectivity index (χ4n) is 2.33. The van der Waals surface area contributed by atoms with Crippen LogP contribution in [-0.4, -0.2) is 30.2 Å². The first-order valence-corrected chi connectivity index (χ1v) is 7.18. The van der Waals surface area contributed by atoms with Crippen LogP contribution in [0.4, 0.5) is 17.6 Å². The van der Waals surface area contributed by atoms with Crippen molar-refractivity contribution in [2.45, 2.75) is 45.1 Å². The van der Waals surface area contributed by atoms with E-state index in [2.05, 4.69) is 5.32 Å². The van der Waals surface area contributed by atoms with Gasteiger partial charge in [-0.05, 0) is 31.0 Å². The Labute approximate surface area is 122 Å². The van der Waals surface area contributed by atoms with Gasteiger partial charge in [-0.15, -0.1) is 0 Å². The zero-order valence-electron chi connectivity index (χ0n) is 12.0. The van der Waals surface area contributed by atoms with E-state index in [1.54, 1.807) is 12.1 Å². The predicted octanol–water partition coefficient (Wildman–Crippen LogP) is 3.46. The molecule has 118 valence electrons. The maximum atomic E-state index is 13.8. The summed E-state index contributed by atoms with van der Waals surface area (Å²) in [5, 5.41) is 3.12. The maximum absolute atomic E-state index is 13.8. The normalized spacial score (nSPS) is 15.7. The minimum atomic E-state index is -4.25. The van der Waals surface area contributed by atoms with Crippen LogP contribution < -0.4 is 5.32 Å². The summed E-state index contributed by atoms with van der Waals surface area (Å²) in [6.45, 7) is 2.37. The lowest BCUT2D eigenvalue weighted by molar-refractivity contribution is -0.148.